The maximum Gasteiger partial charge on any atom is 0.328 e. The summed E-state index contributed by atoms with van der Waals surface area (Å²) in [5.74, 6) is -0.615. The van der Waals surface area contributed by atoms with Crippen LogP contribution < -0.4 is 0 Å². The van der Waals surface area contributed by atoms with Gasteiger partial charge >= 0.3 is 5.97 Å². The van der Waals surface area contributed by atoms with E-state index in [9.17, 15) is 4.79 Å². The maximum atomic E-state index is 10.4. The molecule has 1 aromatic rings. The fourth-order valence-electron chi connectivity index (χ4n) is 1.15. The summed E-state index contributed by atoms with van der Waals surface area (Å²) in [5, 5.41) is 9.58. The minimum absolute atomic E-state index is 0.340. The van der Waals surface area contributed by atoms with Crippen molar-refractivity contribution in [2.24, 2.45) is 0 Å². The Morgan fingerprint density at radius 3 is 2.81 bits per heavy atom. The van der Waals surface area contributed by atoms with Gasteiger partial charge in [0.1, 0.15) is 0 Å². The van der Waals surface area contributed by atoms with E-state index in [4.69, 9.17) is 9.84 Å². The zero-order valence-corrected chi connectivity index (χ0v) is 10.4. The Balaban J connectivity index is 2.99. The van der Waals surface area contributed by atoms with Crippen molar-refractivity contribution < 1.29 is 14.6 Å². The number of rotatable bonds is 5. The standard InChI is InChI=1S/C11H15NO3S/c1-7(2)11-12-8(6-15-3)9(16-11)4-5-10(13)14/h4-5,7H,6H2,1-3H3,(H,13,14)/b5-4+. The monoisotopic (exact) mass is 241 g/mol. The molecule has 0 spiro atoms. The Bertz CT molecular complexity index is 396. The smallest absolute Gasteiger partial charge is 0.328 e. The van der Waals surface area contributed by atoms with Gasteiger partial charge in [-0.3, -0.25) is 0 Å². The maximum absolute atomic E-state index is 10.4. The molecule has 0 saturated carbocycles. The summed E-state index contributed by atoms with van der Waals surface area (Å²) < 4.78 is 5.03. The summed E-state index contributed by atoms with van der Waals surface area (Å²) >= 11 is 1.51. The van der Waals surface area contributed by atoms with Crippen molar-refractivity contribution in [1.82, 2.24) is 4.98 Å². The highest BCUT2D eigenvalue weighted by molar-refractivity contribution is 7.12. The van der Waals surface area contributed by atoms with E-state index in [1.807, 2.05) is 0 Å². The SMILES string of the molecule is COCc1nc(C(C)C)sc1/C=C/C(=O)O. The van der Waals surface area contributed by atoms with Crippen molar-refractivity contribution in [3.63, 3.8) is 0 Å². The molecular weight excluding hydrogens is 226 g/mol. The second-order valence-electron chi connectivity index (χ2n) is 3.62. The molecule has 1 heterocycles. The fraction of sp³-hybridized carbons (Fsp3) is 0.455. The van der Waals surface area contributed by atoms with Gasteiger partial charge in [-0.2, -0.15) is 0 Å². The predicted molar refractivity (Wildman–Crippen MR) is 63.6 cm³/mol. The van der Waals surface area contributed by atoms with Crippen molar-refractivity contribution in [3.8, 4) is 0 Å². The molecule has 1 aromatic heterocycles. The second kappa shape index (κ2) is 5.77. The van der Waals surface area contributed by atoms with Gasteiger partial charge in [0.15, 0.2) is 0 Å². The van der Waals surface area contributed by atoms with Crippen LogP contribution in [0.25, 0.3) is 6.08 Å². The largest absolute Gasteiger partial charge is 0.478 e. The molecule has 1 rings (SSSR count). The average Bonchev–Trinajstić information content (AvgIpc) is 2.59. The molecule has 0 aromatic carbocycles. The first-order chi connectivity index (χ1) is 7.54. The summed E-state index contributed by atoms with van der Waals surface area (Å²) in [6.45, 7) is 4.52. The van der Waals surface area contributed by atoms with E-state index in [2.05, 4.69) is 18.8 Å². The molecule has 4 nitrogen and oxygen atoms in total. The van der Waals surface area contributed by atoms with Crippen LogP contribution >= 0.6 is 11.3 Å². The van der Waals surface area contributed by atoms with Gasteiger partial charge in [0.05, 0.1) is 22.2 Å². The molecule has 0 fully saturated rings. The first-order valence-electron chi connectivity index (χ1n) is 4.94. The van der Waals surface area contributed by atoms with E-state index in [1.54, 1.807) is 13.2 Å². The summed E-state index contributed by atoms with van der Waals surface area (Å²) in [6.07, 6.45) is 2.69. The number of aliphatic carboxylic acids is 1. The lowest BCUT2D eigenvalue weighted by Crippen LogP contribution is -1.92. The van der Waals surface area contributed by atoms with Crippen LogP contribution in [-0.4, -0.2) is 23.2 Å². The lowest BCUT2D eigenvalue weighted by molar-refractivity contribution is -0.131. The Kier molecular flexibility index (Phi) is 4.64. The summed E-state index contributed by atoms with van der Waals surface area (Å²) in [5.41, 5.74) is 0.800. The van der Waals surface area contributed by atoms with Crippen molar-refractivity contribution in [3.05, 3.63) is 21.7 Å². The third-order valence-corrected chi connectivity index (χ3v) is 3.26. The van der Waals surface area contributed by atoms with Crippen LogP contribution in [0.1, 0.15) is 35.3 Å². The number of ether oxygens (including phenoxy) is 1. The molecule has 0 aliphatic rings. The number of methoxy groups -OCH3 is 1. The number of hydrogen-bond donors (Lipinski definition) is 1. The molecule has 0 amide bonds. The van der Waals surface area contributed by atoms with Gasteiger partial charge in [0, 0.05) is 19.1 Å². The Labute approximate surface area is 98.6 Å². The van der Waals surface area contributed by atoms with E-state index in [0.717, 1.165) is 21.7 Å². The highest BCUT2D eigenvalue weighted by Gasteiger charge is 2.11. The van der Waals surface area contributed by atoms with Gasteiger partial charge in [-0.25, -0.2) is 9.78 Å². The molecule has 0 aliphatic carbocycles. The number of carboxylic acids is 1. The molecule has 0 unspecified atom stereocenters. The molecule has 16 heavy (non-hydrogen) atoms. The molecule has 88 valence electrons. The zero-order valence-electron chi connectivity index (χ0n) is 9.56. The van der Waals surface area contributed by atoms with Gasteiger partial charge in [0.2, 0.25) is 0 Å². The molecule has 0 atom stereocenters. The number of aromatic nitrogens is 1. The van der Waals surface area contributed by atoms with Crippen LogP contribution in [-0.2, 0) is 16.1 Å². The topological polar surface area (TPSA) is 59.4 Å². The zero-order chi connectivity index (χ0) is 12.1. The molecule has 0 saturated heterocycles. The summed E-state index contributed by atoms with van der Waals surface area (Å²) in [4.78, 5) is 15.7. The second-order valence-corrected chi connectivity index (χ2v) is 4.68. The van der Waals surface area contributed by atoms with Crippen LogP contribution in [0.15, 0.2) is 6.08 Å². The van der Waals surface area contributed by atoms with Gasteiger partial charge < -0.3 is 9.84 Å². The first-order valence-corrected chi connectivity index (χ1v) is 5.75. The van der Waals surface area contributed by atoms with Crippen molar-refractivity contribution in [2.75, 3.05) is 7.11 Å². The normalized spacial score (nSPS) is 11.5. The van der Waals surface area contributed by atoms with E-state index in [1.165, 1.54) is 11.3 Å². The molecule has 5 heteroatoms. The van der Waals surface area contributed by atoms with Crippen molar-refractivity contribution >= 4 is 23.4 Å². The molecule has 0 aliphatic heterocycles. The number of thiazole rings is 1. The highest BCUT2D eigenvalue weighted by Crippen LogP contribution is 2.26. The predicted octanol–water partition coefficient (Wildman–Crippen LogP) is 2.51. The molecule has 0 bridgehead atoms. The van der Waals surface area contributed by atoms with E-state index >= 15 is 0 Å². The lowest BCUT2D eigenvalue weighted by atomic mass is 10.2. The van der Waals surface area contributed by atoms with E-state index < -0.39 is 5.97 Å². The van der Waals surface area contributed by atoms with E-state index in [0.29, 0.717) is 12.5 Å². The number of carbonyl (C=O) groups is 1. The van der Waals surface area contributed by atoms with Crippen molar-refractivity contribution in [1.29, 1.82) is 0 Å². The van der Waals surface area contributed by atoms with Gasteiger partial charge in [-0.05, 0) is 6.08 Å². The Hall–Kier alpha value is -1.20. The minimum Gasteiger partial charge on any atom is -0.478 e. The van der Waals surface area contributed by atoms with Crippen molar-refractivity contribution in [2.45, 2.75) is 26.4 Å². The van der Waals surface area contributed by atoms with Crippen LogP contribution in [0.5, 0.6) is 0 Å². The van der Waals surface area contributed by atoms with Crippen LogP contribution in [0.3, 0.4) is 0 Å². The number of nitrogens with zero attached hydrogens (tertiary/aromatic N) is 1. The molecule has 1 N–H and O–H groups in total. The molecule has 0 radical (unpaired) electrons. The lowest BCUT2D eigenvalue weighted by Gasteiger charge is -1.96. The first kappa shape index (κ1) is 12.9. The molecular formula is C11H15NO3S. The highest BCUT2D eigenvalue weighted by atomic mass is 32.1. The fourth-order valence-corrected chi connectivity index (χ4v) is 2.12. The Morgan fingerprint density at radius 2 is 2.31 bits per heavy atom. The summed E-state index contributed by atoms with van der Waals surface area (Å²) in [7, 11) is 1.60. The average molecular weight is 241 g/mol. The third kappa shape index (κ3) is 3.43. The van der Waals surface area contributed by atoms with Crippen LogP contribution in [0.4, 0.5) is 0 Å². The van der Waals surface area contributed by atoms with Gasteiger partial charge in [0.25, 0.3) is 0 Å². The minimum atomic E-state index is -0.956. The summed E-state index contributed by atoms with van der Waals surface area (Å²) in [6, 6.07) is 0. The number of carboxylic acid groups (broad SMARTS) is 1. The third-order valence-electron chi connectivity index (χ3n) is 1.90. The van der Waals surface area contributed by atoms with Crippen LogP contribution in [0, 0.1) is 0 Å². The Morgan fingerprint density at radius 1 is 1.62 bits per heavy atom. The van der Waals surface area contributed by atoms with E-state index in [-0.39, 0.29) is 0 Å². The van der Waals surface area contributed by atoms with Crippen LogP contribution in [0.2, 0.25) is 0 Å². The quantitative estimate of drug-likeness (QED) is 0.805. The van der Waals surface area contributed by atoms with Gasteiger partial charge in [-0.15, -0.1) is 11.3 Å². The number of hydrogen-bond acceptors (Lipinski definition) is 4. The van der Waals surface area contributed by atoms with Gasteiger partial charge in [-0.1, -0.05) is 13.8 Å².